The molecule has 0 heterocycles. The highest BCUT2D eigenvalue weighted by Gasteiger charge is 2.16. The van der Waals surface area contributed by atoms with E-state index in [1.807, 2.05) is 45.9 Å². The van der Waals surface area contributed by atoms with Crippen molar-refractivity contribution in [1.29, 1.82) is 0 Å². The summed E-state index contributed by atoms with van der Waals surface area (Å²) in [7, 11) is 0. The zero-order valence-corrected chi connectivity index (χ0v) is 11.7. The Morgan fingerprint density at radius 1 is 1.38 bits per heavy atom. The summed E-state index contributed by atoms with van der Waals surface area (Å²) in [6.07, 6.45) is 0.316. The third-order valence-electron chi connectivity index (χ3n) is 2.00. The van der Waals surface area contributed by atoms with Crippen LogP contribution in [0.1, 0.15) is 31.9 Å². The Bertz CT molecular complexity index is 391. The Balaban J connectivity index is 2.67. The summed E-state index contributed by atoms with van der Waals surface area (Å²) in [6.45, 7) is 7.63. The standard InChI is InChI=1S/C13H17BrO2/c1-9-5-6-10(7-11(9)14)8-12(15)16-13(2,3)4/h5-7H,8H2,1-4H3. The molecule has 0 unspecified atom stereocenters. The van der Waals surface area contributed by atoms with Crippen molar-refractivity contribution in [3.63, 3.8) is 0 Å². The topological polar surface area (TPSA) is 26.3 Å². The number of carbonyl (C=O) groups excluding carboxylic acids is 1. The molecule has 0 radical (unpaired) electrons. The second-order valence-electron chi connectivity index (χ2n) is 4.85. The molecule has 1 aromatic rings. The lowest BCUT2D eigenvalue weighted by Crippen LogP contribution is -2.24. The maximum Gasteiger partial charge on any atom is 0.310 e. The van der Waals surface area contributed by atoms with Crippen molar-refractivity contribution in [3.05, 3.63) is 33.8 Å². The monoisotopic (exact) mass is 284 g/mol. The first-order valence-corrected chi connectivity index (χ1v) is 6.04. The predicted octanol–water partition coefficient (Wildman–Crippen LogP) is 3.64. The number of benzene rings is 1. The van der Waals surface area contributed by atoms with Crippen molar-refractivity contribution in [3.8, 4) is 0 Å². The third-order valence-corrected chi connectivity index (χ3v) is 2.86. The molecule has 2 nitrogen and oxygen atoms in total. The van der Waals surface area contributed by atoms with E-state index in [4.69, 9.17) is 4.74 Å². The SMILES string of the molecule is Cc1ccc(CC(=O)OC(C)(C)C)cc1Br. The molecule has 1 aromatic carbocycles. The molecule has 0 aromatic heterocycles. The first kappa shape index (κ1) is 13.2. The summed E-state index contributed by atoms with van der Waals surface area (Å²) in [5, 5.41) is 0. The van der Waals surface area contributed by atoms with Gasteiger partial charge in [0.1, 0.15) is 5.60 Å². The van der Waals surface area contributed by atoms with E-state index in [0.717, 1.165) is 15.6 Å². The van der Waals surface area contributed by atoms with E-state index in [0.29, 0.717) is 6.42 Å². The summed E-state index contributed by atoms with van der Waals surface area (Å²) in [5.74, 6) is -0.191. The number of hydrogen-bond acceptors (Lipinski definition) is 2. The molecule has 0 aliphatic rings. The van der Waals surface area contributed by atoms with Crippen molar-refractivity contribution in [2.24, 2.45) is 0 Å². The summed E-state index contributed by atoms with van der Waals surface area (Å²) in [4.78, 5) is 11.6. The van der Waals surface area contributed by atoms with Gasteiger partial charge in [0.15, 0.2) is 0 Å². The smallest absolute Gasteiger partial charge is 0.310 e. The number of hydrogen-bond donors (Lipinski definition) is 0. The fourth-order valence-electron chi connectivity index (χ4n) is 1.29. The van der Waals surface area contributed by atoms with Gasteiger partial charge < -0.3 is 4.74 Å². The Morgan fingerprint density at radius 3 is 2.50 bits per heavy atom. The first-order valence-electron chi connectivity index (χ1n) is 5.25. The number of esters is 1. The fourth-order valence-corrected chi connectivity index (χ4v) is 1.72. The van der Waals surface area contributed by atoms with Crippen LogP contribution in [-0.2, 0) is 16.0 Å². The van der Waals surface area contributed by atoms with Crippen molar-refractivity contribution < 1.29 is 9.53 Å². The van der Waals surface area contributed by atoms with Crippen molar-refractivity contribution in [2.45, 2.75) is 39.7 Å². The largest absolute Gasteiger partial charge is 0.460 e. The van der Waals surface area contributed by atoms with Gasteiger partial charge in [0.2, 0.25) is 0 Å². The molecule has 1 rings (SSSR count). The second kappa shape index (κ2) is 5.00. The number of ether oxygens (including phenoxy) is 1. The van der Waals surface area contributed by atoms with Crippen LogP contribution < -0.4 is 0 Å². The molecule has 0 aliphatic carbocycles. The van der Waals surface area contributed by atoms with E-state index >= 15 is 0 Å². The van der Waals surface area contributed by atoms with E-state index < -0.39 is 5.60 Å². The highest BCUT2D eigenvalue weighted by molar-refractivity contribution is 9.10. The molecular weight excluding hydrogens is 268 g/mol. The summed E-state index contributed by atoms with van der Waals surface area (Å²) in [6, 6.07) is 5.90. The van der Waals surface area contributed by atoms with Crippen LogP contribution in [0.4, 0.5) is 0 Å². The molecule has 0 fully saturated rings. The third kappa shape index (κ3) is 4.35. The van der Waals surface area contributed by atoms with Crippen molar-refractivity contribution in [1.82, 2.24) is 0 Å². The highest BCUT2D eigenvalue weighted by Crippen LogP contribution is 2.18. The van der Waals surface area contributed by atoms with Gasteiger partial charge in [-0.25, -0.2) is 0 Å². The van der Waals surface area contributed by atoms with Gasteiger partial charge in [-0.05, 0) is 44.9 Å². The van der Waals surface area contributed by atoms with E-state index in [9.17, 15) is 4.79 Å². The molecule has 0 N–H and O–H groups in total. The van der Waals surface area contributed by atoms with Crippen molar-refractivity contribution in [2.75, 3.05) is 0 Å². The minimum absolute atomic E-state index is 0.191. The Kier molecular flexibility index (Phi) is 4.14. The molecule has 16 heavy (non-hydrogen) atoms. The van der Waals surface area contributed by atoms with Crippen LogP contribution in [0.25, 0.3) is 0 Å². The van der Waals surface area contributed by atoms with Gasteiger partial charge in [-0.2, -0.15) is 0 Å². The van der Waals surface area contributed by atoms with Gasteiger partial charge in [-0.15, -0.1) is 0 Å². The Hall–Kier alpha value is -0.830. The highest BCUT2D eigenvalue weighted by atomic mass is 79.9. The molecule has 0 aliphatic heterocycles. The quantitative estimate of drug-likeness (QED) is 0.775. The molecule has 0 spiro atoms. The molecule has 88 valence electrons. The normalized spacial score (nSPS) is 11.3. The van der Waals surface area contributed by atoms with E-state index in [-0.39, 0.29) is 5.97 Å². The zero-order chi connectivity index (χ0) is 12.3. The zero-order valence-electron chi connectivity index (χ0n) is 10.1. The van der Waals surface area contributed by atoms with Crippen LogP contribution in [0.15, 0.2) is 22.7 Å². The van der Waals surface area contributed by atoms with E-state index in [1.54, 1.807) is 0 Å². The van der Waals surface area contributed by atoms with Gasteiger partial charge in [0.25, 0.3) is 0 Å². The average molecular weight is 285 g/mol. The Morgan fingerprint density at radius 2 is 2.00 bits per heavy atom. The number of rotatable bonds is 2. The van der Waals surface area contributed by atoms with Crippen LogP contribution in [-0.4, -0.2) is 11.6 Å². The van der Waals surface area contributed by atoms with Crippen LogP contribution in [0.3, 0.4) is 0 Å². The lowest BCUT2D eigenvalue weighted by Gasteiger charge is -2.19. The first-order chi connectivity index (χ1) is 7.28. The van der Waals surface area contributed by atoms with E-state index in [1.165, 1.54) is 0 Å². The van der Waals surface area contributed by atoms with Gasteiger partial charge in [0.05, 0.1) is 6.42 Å². The molecule has 0 saturated heterocycles. The second-order valence-corrected chi connectivity index (χ2v) is 5.70. The fraction of sp³-hybridized carbons (Fsp3) is 0.462. The van der Waals surface area contributed by atoms with Gasteiger partial charge in [-0.1, -0.05) is 28.1 Å². The summed E-state index contributed by atoms with van der Waals surface area (Å²) >= 11 is 3.45. The number of halogens is 1. The molecule has 0 saturated carbocycles. The molecule has 0 atom stereocenters. The van der Waals surface area contributed by atoms with Crippen LogP contribution >= 0.6 is 15.9 Å². The Labute approximate surface area is 105 Å². The maximum absolute atomic E-state index is 11.6. The predicted molar refractivity (Wildman–Crippen MR) is 68.4 cm³/mol. The minimum Gasteiger partial charge on any atom is -0.460 e. The molecule has 0 bridgehead atoms. The van der Waals surface area contributed by atoms with Gasteiger partial charge in [0, 0.05) is 4.47 Å². The van der Waals surface area contributed by atoms with Gasteiger partial charge in [-0.3, -0.25) is 4.79 Å². The van der Waals surface area contributed by atoms with Crippen LogP contribution in [0.5, 0.6) is 0 Å². The lowest BCUT2D eigenvalue weighted by molar-refractivity contribution is -0.153. The van der Waals surface area contributed by atoms with Crippen LogP contribution in [0, 0.1) is 6.92 Å². The number of aryl methyl sites for hydroxylation is 1. The summed E-state index contributed by atoms with van der Waals surface area (Å²) in [5.41, 5.74) is 1.71. The van der Waals surface area contributed by atoms with Gasteiger partial charge >= 0.3 is 5.97 Å². The molecule has 3 heteroatoms. The lowest BCUT2D eigenvalue weighted by atomic mass is 10.1. The molecular formula is C13H17BrO2. The minimum atomic E-state index is -0.418. The summed E-state index contributed by atoms with van der Waals surface area (Å²) < 4.78 is 6.28. The average Bonchev–Trinajstić information content (AvgIpc) is 2.08. The molecule has 0 amide bonds. The number of carbonyl (C=O) groups is 1. The maximum atomic E-state index is 11.6. The van der Waals surface area contributed by atoms with Crippen LogP contribution in [0.2, 0.25) is 0 Å². The van der Waals surface area contributed by atoms with E-state index in [2.05, 4.69) is 15.9 Å². The van der Waals surface area contributed by atoms with Crippen molar-refractivity contribution >= 4 is 21.9 Å².